The van der Waals surface area contributed by atoms with Gasteiger partial charge in [-0.25, -0.2) is 0 Å². The third-order valence-corrected chi connectivity index (χ3v) is 7.92. The van der Waals surface area contributed by atoms with Gasteiger partial charge in [-0.1, -0.05) is 188 Å². The Morgan fingerprint density at radius 3 is 1.16 bits per heavy atom. The summed E-state index contributed by atoms with van der Waals surface area (Å²) in [7, 11) is 0. The van der Waals surface area contributed by atoms with Gasteiger partial charge in [0.2, 0.25) is 0 Å². The Balaban J connectivity index is 3.15. The number of unbranched alkanes of at least 4 members (excludes halogenated alkanes) is 25. The number of rotatable bonds is 31. The van der Waals surface area contributed by atoms with Crippen LogP contribution in [0.2, 0.25) is 0 Å². The Hall–Kier alpha value is -0.530. The smallest absolute Gasteiger partial charge is 0.305 e. The normalized spacial score (nSPS) is 11.5. The van der Waals surface area contributed by atoms with Gasteiger partial charge >= 0.3 is 5.97 Å². The van der Waals surface area contributed by atoms with Crippen molar-refractivity contribution >= 4 is 5.97 Å². The molecule has 0 radical (unpaired) electrons. The van der Waals surface area contributed by atoms with Crippen LogP contribution in [0.4, 0.5) is 0 Å². The second kappa shape index (κ2) is 31.7. The van der Waals surface area contributed by atoms with Crippen molar-refractivity contribution in [3.05, 3.63) is 0 Å². The molecule has 37 heavy (non-hydrogen) atoms. The lowest BCUT2D eigenvalue weighted by Crippen LogP contribution is -2.05. The Morgan fingerprint density at radius 2 is 0.784 bits per heavy atom. The van der Waals surface area contributed by atoms with Crippen LogP contribution in [0, 0.1) is 5.92 Å². The molecule has 0 atom stereocenters. The van der Waals surface area contributed by atoms with E-state index in [1.165, 1.54) is 167 Å². The lowest BCUT2D eigenvalue weighted by molar-refractivity contribution is -0.143. The molecule has 0 saturated heterocycles. The highest BCUT2D eigenvalue weighted by atomic mass is 16.5. The van der Waals surface area contributed by atoms with Gasteiger partial charge in [0, 0.05) is 6.42 Å². The van der Waals surface area contributed by atoms with Crippen molar-refractivity contribution in [3.8, 4) is 0 Å². The van der Waals surface area contributed by atoms with Gasteiger partial charge in [-0.05, 0) is 18.8 Å². The second-order valence-corrected chi connectivity index (χ2v) is 12.3. The Morgan fingerprint density at radius 1 is 0.459 bits per heavy atom. The highest BCUT2D eigenvalue weighted by molar-refractivity contribution is 5.69. The van der Waals surface area contributed by atoms with Gasteiger partial charge in [0.1, 0.15) is 0 Å². The third-order valence-electron chi connectivity index (χ3n) is 7.92. The molecule has 0 fully saturated rings. The molecule has 0 aliphatic heterocycles. The van der Waals surface area contributed by atoms with Crippen molar-refractivity contribution in [1.29, 1.82) is 0 Å². The topological polar surface area (TPSA) is 26.3 Å². The zero-order valence-corrected chi connectivity index (χ0v) is 26.1. The summed E-state index contributed by atoms with van der Waals surface area (Å²) in [5.41, 5.74) is 0. The summed E-state index contributed by atoms with van der Waals surface area (Å²) in [6, 6.07) is 0. The van der Waals surface area contributed by atoms with Crippen molar-refractivity contribution in [3.63, 3.8) is 0 Å². The molecule has 0 bridgehead atoms. The summed E-state index contributed by atoms with van der Waals surface area (Å²) < 4.78 is 5.43. The van der Waals surface area contributed by atoms with Crippen LogP contribution >= 0.6 is 0 Å². The van der Waals surface area contributed by atoms with Crippen molar-refractivity contribution in [2.75, 3.05) is 6.61 Å². The molecule has 0 spiro atoms. The number of esters is 1. The van der Waals surface area contributed by atoms with Gasteiger partial charge < -0.3 is 4.74 Å². The van der Waals surface area contributed by atoms with E-state index in [4.69, 9.17) is 4.74 Å². The molecular weight excluding hydrogens is 452 g/mol. The summed E-state index contributed by atoms with van der Waals surface area (Å²) in [5.74, 6) is 0.899. The molecule has 0 unspecified atom stereocenters. The van der Waals surface area contributed by atoms with Crippen molar-refractivity contribution in [1.82, 2.24) is 0 Å². The highest BCUT2D eigenvalue weighted by Crippen LogP contribution is 2.15. The maximum absolute atomic E-state index is 11.9. The number of carbonyl (C=O) groups is 1. The van der Waals surface area contributed by atoms with Gasteiger partial charge in [0.25, 0.3) is 0 Å². The first-order valence-corrected chi connectivity index (χ1v) is 17.3. The Bertz CT molecular complexity index is 431. The zero-order chi connectivity index (χ0) is 27.1. The van der Waals surface area contributed by atoms with Crippen LogP contribution in [0.25, 0.3) is 0 Å². The molecule has 0 aliphatic carbocycles. The van der Waals surface area contributed by atoms with Crippen LogP contribution in [0.5, 0.6) is 0 Å². The molecule has 2 heteroatoms. The molecule has 0 rings (SSSR count). The first-order chi connectivity index (χ1) is 18.2. The maximum Gasteiger partial charge on any atom is 0.305 e. The predicted octanol–water partition coefficient (Wildman–Crippen LogP) is 12.5. The van der Waals surface area contributed by atoms with E-state index < -0.39 is 0 Å². The van der Waals surface area contributed by atoms with E-state index in [9.17, 15) is 4.79 Å². The van der Waals surface area contributed by atoms with Crippen LogP contribution in [0.3, 0.4) is 0 Å². The Labute approximate surface area is 234 Å². The predicted molar refractivity (Wildman–Crippen MR) is 165 cm³/mol. The van der Waals surface area contributed by atoms with E-state index in [1.54, 1.807) is 0 Å². The molecule has 0 aliphatic rings. The van der Waals surface area contributed by atoms with Crippen LogP contribution in [-0.2, 0) is 9.53 Å². The average Bonchev–Trinajstić information content (AvgIpc) is 2.88. The van der Waals surface area contributed by atoms with E-state index in [0.717, 1.165) is 18.8 Å². The van der Waals surface area contributed by atoms with Crippen molar-refractivity contribution in [2.45, 2.75) is 207 Å². The molecule has 222 valence electrons. The van der Waals surface area contributed by atoms with Gasteiger partial charge in [0.05, 0.1) is 6.61 Å². The standard InChI is InChI=1S/C35H70O2/c1-4-5-6-7-8-9-10-11-15-18-21-24-27-30-33-37-35(36)32-29-26-23-20-17-14-12-13-16-19-22-25-28-31-34(2)3/h34H,4-33H2,1-3H3. The van der Waals surface area contributed by atoms with Crippen molar-refractivity contribution in [2.24, 2.45) is 5.92 Å². The molecule has 0 saturated carbocycles. The largest absolute Gasteiger partial charge is 0.466 e. The van der Waals surface area contributed by atoms with Crippen LogP contribution in [0.15, 0.2) is 0 Å². The van der Waals surface area contributed by atoms with Crippen LogP contribution < -0.4 is 0 Å². The molecular formula is C35H70O2. The minimum Gasteiger partial charge on any atom is -0.466 e. The van der Waals surface area contributed by atoms with Gasteiger partial charge in [-0.15, -0.1) is 0 Å². The number of hydrogen-bond acceptors (Lipinski definition) is 2. The van der Waals surface area contributed by atoms with E-state index in [1.807, 2.05) is 0 Å². The molecule has 0 amide bonds. The zero-order valence-electron chi connectivity index (χ0n) is 26.1. The fourth-order valence-corrected chi connectivity index (χ4v) is 5.32. The minimum atomic E-state index is 0.0268. The molecule has 0 aromatic heterocycles. The minimum absolute atomic E-state index is 0.0268. The van der Waals surface area contributed by atoms with E-state index >= 15 is 0 Å². The van der Waals surface area contributed by atoms with Gasteiger partial charge in [0.15, 0.2) is 0 Å². The van der Waals surface area contributed by atoms with Crippen molar-refractivity contribution < 1.29 is 9.53 Å². The lowest BCUT2D eigenvalue weighted by atomic mass is 10.0. The van der Waals surface area contributed by atoms with Gasteiger partial charge in [-0.2, -0.15) is 0 Å². The summed E-state index contributed by atoms with van der Waals surface area (Å²) in [6.45, 7) is 7.58. The van der Waals surface area contributed by atoms with E-state index in [-0.39, 0.29) is 5.97 Å². The van der Waals surface area contributed by atoms with Crippen LogP contribution in [0.1, 0.15) is 207 Å². The molecule has 2 nitrogen and oxygen atoms in total. The molecule has 0 N–H and O–H groups in total. The summed E-state index contributed by atoms with van der Waals surface area (Å²) in [5, 5.41) is 0. The summed E-state index contributed by atoms with van der Waals surface area (Å²) >= 11 is 0. The molecule has 0 heterocycles. The van der Waals surface area contributed by atoms with Gasteiger partial charge in [-0.3, -0.25) is 4.79 Å². The first kappa shape index (κ1) is 36.5. The monoisotopic (exact) mass is 523 g/mol. The summed E-state index contributed by atoms with van der Waals surface area (Å²) in [6.07, 6.45) is 38.7. The van der Waals surface area contributed by atoms with E-state index in [2.05, 4.69) is 20.8 Å². The number of hydrogen-bond donors (Lipinski definition) is 0. The lowest BCUT2D eigenvalue weighted by Gasteiger charge is -2.06. The SMILES string of the molecule is CCCCCCCCCCCCCCCCOC(=O)CCCCCCCCCCCCCCCC(C)C. The Kier molecular flexibility index (Phi) is 31.2. The number of ether oxygens (including phenoxy) is 1. The summed E-state index contributed by atoms with van der Waals surface area (Å²) in [4.78, 5) is 11.9. The quantitative estimate of drug-likeness (QED) is 0.0668. The molecule has 0 aromatic rings. The fraction of sp³-hybridized carbons (Fsp3) is 0.971. The third kappa shape index (κ3) is 33.4. The van der Waals surface area contributed by atoms with E-state index in [0.29, 0.717) is 13.0 Å². The molecule has 0 aromatic carbocycles. The first-order valence-electron chi connectivity index (χ1n) is 17.3. The average molecular weight is 523 g/mol. The fourth-order valence-electron chi connectivity index (χ4n) is 5.32. The van der Waals surface area contributed by atoms with Crippen LogP contribution in [-0.4, -0.2) is 12.6 Å². The highest BCUT2D eigenvalue weighted by Gasteiger charge is 2.03. The second-order valence-electron chi connectivity index (χ2n) is 12.3. The number of carbonyl (C=O) groups excluding carboxylic acids is 1. The maximum atomic E-state index is 11.9.